The normalized spacial score (nSPS) is 10.8. The Balaban J connectivity index is 1.72. The molecule has 0 radical (unpaired) electrons. The Bertz CT molecular complexity index is 1200. The summed E-state index contributed by atoms with van der Waals surface area (Å²) in [6, 6.07) is 18.0. The summed E-state index contributed by atoms with van der Waals surface area (Å²) in [6.45, 7) is 4.51. The van der Waals surface area contributed by atoms with Gasteiger partial charge >= 0.3 is 6.03 Å². The number of anilines is 1. The van der Waals surface area contributed by atoms with Crippen LogP contribution in [0.2, 0.25) is 0 Å². The van der Waals surface area contributed by atoms with Crippen molar-refractivity contribution in [2.24, 2.45) is 0 Å². The Morgan fingerprint density at radius 2 is 1.83 bits per heavy atom. The van der Waals surface area contributed by atoms with E-state index in [1.807, 2.05) is 35.9 Å². The summed E-state index contributed by atoms with van der Waals surface area (Å²) >= 11 is 0. The summed E-state index contributed by atoms with van der Waals surface area (Å²) in [5.41, 5.74) is 6.82. The van der Waals surface area contributed by atoms with Gasteiger partial charge in [-0.3, -0.25) is 4.40 Å². The Morgan fingerprint density at radius 3 is 2.57 bits per heavy atom. The van der Waals surface area contributed by atoms with Crippen LogP contribution in [0.4, 0.5) is 10.5 Å². The van der Waals surface area contributed by atoms with E-state index in [9.17, 15) is 4.79 Å². The summed E-state index contributed by atoms with van der Waals surface area (Å²) < 4.78 is 7.46. The third-order valence-electron chi connectivity index (χ3n) is 4.93. The lowest BCUT2D eigenvalue weighted by Gasteiger charge is -2.11. The van der Waals surface area contributed by atoms with Gasteiger partial charge in [0.2, 0.25) is 0 Å². The number of carbonyl (C=O) groups is 1. The van der Waals surface area contributed by atoms with Crippen LogP contribution in [0.3, 0.4) is 0 Å². The van der Waals surface area contributed by atoms with Crippen LogP contribution in [0.25, 0.3) is 28.0 Å². The van der Waals surface area contributed by atoms with Crippen molar-refractivity contribution in [2.45, 2.75) is 13.8 Å². The number of carbonyl (C=O) groups excluding carboxylic acids is 1. The SMILES string of the molecule is CCNC(=O)Nc1cc(OC)cc(-c2cnc3cc(-c4ccc(C)cc4)ccn23)c1. The minimum absolute atomic E-state index is 0.252. The highest BCUT2D eigenvalue weighted by atomic mass is 16.5. The molecule has 2 heterocycles. The minimum Gasteiger partial charge on any atom is -0.497 e. The van der Waals surface area contributed by atoms with E-state index in [1.54, 1.807) is 13.2 Å². The van der Waals surface area contributed by atoms with Crippen LogP contribution in [0.15, 0.2) is 67.0 Å². The third kappa shape index (κ3) is 3.98. The predicted octanol–water partition coefficient (Wildman–Crippen LogP) is 5.13. The number of hydrogen-bond donors (Lipinski definition) is 2. The molecule has 0 aliphatic heterocycles. The van der Waals surface area contributed by atoms with Crippen molar-refractivity contribution in [3.63, 3.8) is 0 Å². The van der Waals surface area contributed by atoms with Crippen LogP contribution in [-0.4, -0.2) is 29.1 Å². The standard InChI is InChI=1S/C24H24N4O2/c1-4-25-24(29)27-20-11-19(12-21(14-20)30-3)22-15-26-23-13-18(9-10-28(22)23)17-7-5-16(2)6-8-17/h5-15H,4H2,1-3H3,(H2,25,27,29). The maximum absolute atomic E-state index is 11.9. The fourth-order valence-corrected chi connectivity index (χ4v) is 3.39. The van der Waals surface area contributed by atoms with Crippen molar-refractivity contribution in [3.05, 3.63) is 72.6 Å². The molecule has 0 aliphatic carbocycles. The highest BCUT2D eigenvalue weighted by molar-refractivity contribution is 5.90. The number of imidazole rings is 1. The van der Waals surface area contributed by atoms with E-state index in [4.69, 9.17) is 4.74 Å². The number of hydrogen-bond acceptors (Lipinski definition) is 3. The number of rotatable bonds is 5. The quantitative estimate of drug-likeness (QED) is 0.488. The van der Waals surface area contributed by atoms with Crippen LogP contribution in [-0.2, 0) is 0 Å². The number of pyridine rings is 1. The first-order valence-electron chi connectivity index (χ1n) is 9.86. The number of amides is 2. The van der Waals surface area contributed by atoms with Crippen molar-refractivity contribution in [2.75, 3.05) is 19.0 Å². The van der Waals surface area contributed by atoms with Crippen molar-refractivity contribution in [3.8, 4) is 28.1 Å². The van der Waals surface area contributed by atoms with E-state index in [0.29, 0.717) is 18.0 Å². The summed E-state index contributed by atoms with van der Waals surface area (Å²) in [4.78, 5) is 16.5. The molecule has 152 valence electrons. The molecule has 2 aromatic heterocycles. The van der Waals surface area contributed by atoms with E-state index >= 15 is 0 Å². The number of aromatic nitrogens is 2. The Hall–Kier alpha value is -3.80. The van der Waals surface area contributed by atoms with E-state index in [1.165, 1.54) is 5.56 Å². The number of methoxy groups -OCH3 is 1. The second-order valence-electron chi connectivity index (χ2n) is 7.09. The Kier molecular flexibility index (Phi) is 5.39. The minimum atomic E-state index is -0.252. The lowest BCUT2D eigenvalue weighted by atomic mass is 10.1. The van der Waals surface area contributed by atoms with Gasteiger partial charge in [0.05, 0.1) is 19.0 Å². The van der Waals surface area contributed by atoms with Gasteiger partial charge in [-0.25, -0.2) is 9.78 Å². The summed E-state index contributed by atoms with van der Waals surface area (Å²) in [5.74, 6) is 0.658. The van der Waals surface area contributed by atoms with E-state index in [-0.39, 0.29) is 6.03 Å². The topological polar surface area (TPSA) is 67.7 Å². The molecule has 4 aromatic rings. The second-order valence-corrected chi connectivity index (χ2v) is 7.09. The molecule has 2 N–H and O–H groups in total. The Labute approximate surface area is 175 Å². The van der Waals surface area contributed by atoms with E-state index in [0.717, 1.165) is 28.0 Å². The molecule has 2 amide bonds. The highest BCUT2D eigenvalue weighted by Gasteiger charge is 2.11. The number of benzene rings is 2. The fraction of sp³-hybridized carbons (Fsp3) is 0.167. The molecule has 0 bridgehead atoms. The first-order valence-corrected chi connectivity index (χ1v) is 9.86. The molecule has 6 heteroatoms. The van der Waals surface area contributed by atoms with Crippen LogP contribution >= 0.6 is 0 Å². The van der Waals surface area contributed by atoms with E-state index in [2.05, 4.69) is 58.9 Å². The maximum atomic E-state index is 11.9. The largest absolute Gasteiger partial charge is 0.497 e. The smallest absolute Gasteiger partial charge is 0.319 e. The van der Waals surface area contributed by atoms with Gasteiger partial charge in [-0.1, -0.05) is 29.8 Å². The molecule has 0 unspecified atom stereocenters. The van der Waals surface area contributed by atoms with Gasteiger partial charge in [-0.05, 0) is 49.2 Å². The van der Waals surface area contributed by atoms with E-state index < -0.39 is 0 Å². The molecule has 0 atom stereocenters. The van der Waals surface area contributed by atoms with Gasteiger partial charge in [0.25, 0.3) is 0 Å². The molecular weight excluding hydrogens is 376 g/mol. The number of urea groups is 1. The molecular formula is C24H24N4O2. The lowest BCUT2D eigenvalue weighted by molar-refractivity contribution is 0.252. The second kappa shape index (κ2) is 8.29. The molecule has 0 aliphatic rings. The van der Waals surface area contributed by atoms with Crippen LogP contribution in [0, 0.1) is 6.92 Å². The first kappa shape index (κ1) is 19.5. The molecule has 0 saturated heterocycles. The van der Waals surface area contributed by atoms with Crippen molar-refractivity contribution >= 4 is 17.4 Å². The van der Waals surface area contributed by atoms with Crippen LogP contribution < -0.4 is 15.4 Å². The van der Waals surface area contributed by atoms with Crippen LogP contribution in [0.1, 0.15) is 12.5 Å². The van der Waals surface area contributed by atoms with Gasteiger partial charge in [0.1, 0.15) is 11.4 Å². The molecule has 4 rings (SSSR count). The molecule has 2 aromatic carbocycles. The lowest BCUT2D eigenvalue weighted by Crippen LogP contribution is -2.28. The van der Waals surface area contributed by atoms with Gasteiger partial charge in [-0.15, -0.1) is 0 Å². The predicted molar refractivity (Wildman–Crippen MR) is 120 cm³/mol. The molecule has 0 saturated carbocycles. The average Bonchev–Trinajstić information content (AvgIpc) is 3.17. The first-order chi connectivity index (χ1) is 14.6. The zero-order valence-electron chi connectivity index (χ0n) is 17.3. The highest BCUT2D eigenvalue weighted by Crippen LogP contribution is 2.30. The average molecular weight is 400 g/mol. The maximum Gasteiger partial charge on any atom is 0.319 e. The Morgan fingerprint density at radius 1 is 1.03 bits per heavy atom. The number of aryl methyl sites for hydroxylation is 1. The zero-order valence-corrected chi connectivity index (χ0v) is 17.3. The fourth-order valence-electron chi connectivity index (χ4n) is 3.39. The number of fused-ring (bicyclic) bond motifs is 1. The zero-order chi connectivity index (χ0) is 21.1. The van der Waals surface area contributed by atoms with Gasteiger partial charge in [0.15, 0.2) is 0 Å². The van der Waals surface area contributed by atoms with Crippen LogP contribution in [0.5, 0.6) is 5.75 Å². The molecule has 0 fully saturated rings. The number of nitrogens with one attached hydrogen (secondary N) is 2. The molecule has 30 heavy (non-hydrogen) atoms. The van der Waals surface area contributed by atoms with Crippen molar-refractivity contribution in [1.82, 2.24) is 14.7 Å². The molecule has 6 nitrogen and oxygen atoms in total. The summed E-state index contributed by atoms with van der Waals surface area (Å²) in [7, 11) is 1.61. The summed E-state index contributed by atoms with van der Waals surface area (Å²) in [6.07, 6.45) is 3.85. The van der Waals surface area contributed by atoms with Gasteiger partial charge in [-0.2, -0.15) is 0 Å². The van der Waals surface area contributed by atoms with Gasteiger partial charge < -0.3 is 15.4 Å². The number of nitrogens with zero attached hydrogens (tertiary/aromatic N) is 2. The molecule has 0 spiro atoms. The summed E-state index contributed by atoms with van der Waals surface area (Å²) in [5, 5.41) is 5.58. The number of ether oxygens (including phenoxy) is 1. The monoisotopic (exact) mass is 400 g/mol. The third-order valence-corrected chi connectivity index (χ3v) is 4.93. The van der Waals surface area contributed by atoms with Crippen molar-refractivity contribution < 1.29 is 9.53 Å². The van der Waals surface area contributed by atoms with Crippen molar-refractivity contribution in [1.29, 1.82) is 0 Å². The van der Waals surface area contributed by atoms with Gasteiger partial charge in [0, 0.05) is 30.1 Å².